The van der Waals surface area contributed by atoms with Crippen molar-refractivity contribution >= 4 is 12.4 Å². The van der Waals surface area contributed by atoms with Crippen molar-refractivity contribution in [2.24, 2.45) is 11.3 Å². The minimum Gasteiger partial charge on any atom is -0.445 e. The Bertz CT molecular complexity index is 512. The number of carbonyl (C=O) groups excluding carboxylic acids is 2. The maximum atomic E-state index is 12.1. The molecule has 1 saturated carbocycles. The Morgan fingerprint density at radius 2 is 1.91 bits per heavy atom. The lowest BCUT2D eigenvalue weighted by atomic mass is 9.57. The Hall–Kier alpha value is -1.84. The molecule has 1 aromatic carbocycles. The summed E-state index contributed by atoms with van der Waals surface area (Å²) in [6.45, 7) is 1.89. The molecule has 1 heterocycles. The summed E-state index contributed by atoms with van der Waals surface area (Å²) >= 11 is 0. The van der Waals surface area contributed by atoms with Crippen LogP contribution in [0.1, 0.15) is 37.7 Å². The van der Waals surface area contributed by atoms with Gasteiger partial charge in [-0.05, 0) is 42.6 Å². The minimum absolute atomic E-state index is 0.206. The number of aldehydes is 1. The van der Waals surface area contributed by atoms with Crippen LogP contribution >= 0.6 is 0 Å². The summed E-state index contributed by atoms with van der Waals surface area (Å²) in [6.07, 6.45) is 5.92. The Morgan fingerprint density at radius 3 is 2.55 bits per heavy atom. The van der Waals surface area contributed by atoms with Crippen LogP contribution in [-0.2, 0) is 16.1 Å². The van der Waals surface area contributed by atoms with Gasteiger partial charge in [0.25, 0.3) is 0 Å². The Balaban J connectivity index is 1.42. The van der Waals surface area contributed by atoms with Gasteiger partial charge in [-0.3, -0.25) is 0 Å². The van der Waals surface area contributed by atoms with Gasteiger partial charge in [0.05, 0.1) is 0 Å². The van der Waals surface area contributed by atoms with Crippen molar-refractivity contribution in [2.45, 2.75) is 38.7 Å². The van der Waals surface area contributed by atoms with Gasteiger partial charge in [-0.2, -0.15) is 0 Å². The highest BCUT2D eigenvalue weighted by Gasteiger charge is 2.45. The molecule has 1 amide bonds. The maximum Gasteiger partial charge on any atom is 0.410 e. The normalized spacial score (nSPS) is 20.5. The fourth-order valence-corrected chi connectivity index (χ4v) is 3.85. The average molecular weight is 301 g/mol. The van der Waals surface area contributed by atoms with E-state index >= 15 is 0 Å². The zero-order valence-corrected chi connectivity index (χ0v) is 12.9. The van der Waals surface area contributed by atoms with Gasteiger partial charge in [-0.1, -0.05) is 30.3 Å². The molecule has 4 nitrogen and oxygen atoms in total. The molecule has 0 atom stereocenters. The highest BCUT2D eigenvalue weighted by molar-refractivity contribution is 5.67. The van der Waals surface area contributed by atoms with Crippen molar-refractivity contribution < 1.29 is 14.3 Å². The predicted molar refractivity (Wildman–Crippen MR) is 83.3 cm³/mol. The van der Waals surface area contributed by atoms with Crippen molar-refractivity contribution in [2.75, 3.05) is 13.1 Å². The van der Waals surface area contributed by atoms with Crippen LogP contribution < -0.4 is 0 Å². The van der Waals surface area contributed by atoms with Crippen molar-refractivity contribution in [3.63, 3.8) is 0 Å². The number of nitrogens with zero attached hydrogens (tertiary/aromatic N) is 1. The molecule has 3 rings (SSSR count). The average Bonchev–Trinajstić information content (AvgIpc) is 2.53. The van der Waals surface area contributed by atoms with E-state index in [1.807, 2.05) is 35.2 Å². The predicted octanol–water partition coefficient (Wildman–Crippen LogP) is 3.40. The third-order valence-electron chi connectivity index (χ3n) is 5.16. The van der Waals surface area contributed by atoms with Crippen LogP contribution in [0.15, 0.2) is 30.3 Å². The van der Waals surface area contributed by atoms with E-state index in [-0.39, 0.29) is 6.09 Å². The summed E-state index contributed by atoms with van der Waals surface area (Å²) in [5.74, 6) is 0.578. The first-order valence-corrected chi connectivity index (χ1v) is 8.10. The number of ether oxygens (including phenoxy) is 1. The van der Waals surface area contributed by atoms with Crippen LogP contribution in [0.5, 0.6) is 0 Å². The van der Waals surface area contributed by atoms with Crippen molar-refractivity contribution in [3.8, 4) is 0 Å². The Morgan fingerprint density at radius 1 is 1.23 bits per heavy atom. The van der Waals surface area contributed by atoms with Crippen LogP contribution in [0.3, 0.4) is 0 Å². The van der Waals surface area contributed by atoms with Gasteiger partial charge in [0.15, 0.2) is 0 Å². The molecule has 1 spiro atoms. The summed E-state index contributed by atoms with van der Waals surface area (Å²) in [5, 5.41) is 0. The molecule has 1 aliphatic carbocycles. The molecule has 0 N–H and O–H groups in total. The van der Waals surface area contributed by atoms with Crippen molar-refractivity contribution in [1.82, 2.24) is 4.90 Å². The SMILES string of the molecule is O=CCC1CC2(CCN(C(=O)OCc3ccccc3)CC2)C1. The standard InChI is InChI=1S/C18H23NO3/c20-11-6-16-12-18(13-16)7-9-19(10-8-18)17(21)22-14-15-4-2-1-3-5-15/h1-5,11,16H,6-10,12-14H2. The summed E-state index contributed by atoms with van der Waals surface area (Å²) in [4.78, 5) is 24.5. The number of amides is 1. The second-order valence-electron chi connectivity index (χ2n) is 6.70. The van der Waals surface area contributed by atoms with E-state index in [1.165, 1.54) is 0 Å². The Labute approximate surface area is 131 Å². The lowest BCUT2D eigenvalue weighted by molar-refractivity contribution is -0.111. The topological polar surface area (TPSA) is 46.6 Å². The fourth-order valence-electron chi connectivity index (χ4n) is 3.85. The molecule has 2 fully saturated rings. The lowest BCUT2D eigenvalue weighted by Crippen LogP contribution is -2.48. The first-order valence-electron chi connectivity index (χ1n) is 8.10. The zero-order chi connectivity index (χ0) is 15.4. The molecule has 0 radical (unpaired) electrons. The summed E-state index contributed by atoms with van der Waals surface area (Å²) in [6, 6.07) is 9.76. The third kappa shape index (κ3) is 3.32. The molecule has 0 aromatic heterocycles. The van der Waals surface area contributed by atoms with Crippen LogP contribution in [0.2, 0.25) is 0 Å². The molecule has 1 aromatic rings. The van der Waals surface area contributed by atoms with Gasteiger partial charge in [0, 0.05) is 19.5 Å². The van der Waals surface area contributed by atoms with Gasteiger partial charge in [0.1, 0.15) is 12.9 Å². The molecular weight excluding hydrogens is 278 g/mol. The van der Waals surface area contributed by atoms with E-state index in [4.69, 9.17) is 4.74 Å². The number of benzene rings is 1. The summed E-state index contributed by atoms with van der Waals surface area (Å²) < 4.78 is 5.39. The van der Waals surface area contributed by atoms with E-state index in [2.05, 4.69) is 0 Å². The molecule has 0 unspecified atom stereocenters. The summed E-state index contributed by atoms with van der Waals surface area (Å²) in [5.41, 5.74) is 1.41. The summed E-state index contributed by atoms with van der Waals surface area (Å²) in [7, 11) is 0. The number of hydrogen-bond donors (Lipinski definition) is 0. The fraction of sp³-hybridized carbons (Fsp3) is 0.556. The Kier molecular flexibility index (Phi) is 4.46. The van der Waals surface area contributed by atoms with Crippen LogP contribution in [0, 0.1) is 11.3 Å². The van der Waals surface area contributed by atoms with Gasteiger partial charge in [-0.15, -0.1) is 0 Å². The zero-order valence-electron chi connectivity index (χ0n) is 12.9. The molecule has 4 heteroatoms. The molecule has 22 heavy (non-hydrogen) atoms. The number of piperidine rings is 1. The third-order valence-corrected chi connectivity index (χ3v) is 5.16. The lowest BCUT2D eigenvalue weighted by Gasteiger charge is -2.51. The quantitative estimate of drug-likeness (QED) is 0.801. The highest BCUT2D eigenvalue weighted by atomic mass is 16.6. The minimum atomic E-state index is -0.206. The van der Waals surface area contributed by atoms with E-state index < -0.39 is 0 Å². The van der Waals surface area contributed by atoms with Crippen LogP contribution in [0.4, 0.5) is 4.79 Å². The maximum absolute atomic E-state index is 12.1. The van der Waals surface area contributed by atoms with Gasteiger partial charge >= 0.3 is 6.09 Å². The smallest absolute Gasteiger partial charge is 0.410 e. The van der Waals surface area contributed by atoms with Gasteiger partial charge < -0.3 is 14.4 Å². The van der Waals surface area contributed by atoms with E-state index in [0.29, 0.717) is 24.4 Å². The second kappa shape index (κ2) is 6.51. The van der Waals surface area contributed by atoms with Crippen molar-refractivity contribution in [3.05, 3.63) is 35.9 Å². The first kappa shape index (κ1) is 15.1. The molecule has 1 saturated heterocycles. The van der Waals surface area contributed by atoms with E-state index in [9.17, 15) is 9.59 Å². The molecule has 118 valence electrons. The highest BCUT2D eigenvalue weighted by Crippen LogP contribution is 2.53. The second-order valence-corrected chi connectivity index (χ2v) is 6.70. The van der Waals surface area contributed by atoms with Gasteiger partial charge in [0.2, 0.25) is 0 Å². The van der Waals surface area contributed by atoms with Gasteiger partial charge in [-0.25, -0.2) is 4.79 Å². The first-order chi connectivity index (χ1) is 10.7. The van der Waals surface area contributed by atoms with Crippen LogP contribution in [0.25, 0.3) is 0 Å². The van der Waals surface area contributed by atoms with E-state index in [0.717, 1.165) is 50.6 Å². The molecule has 0 bridgehead atoms. The number of carbonyl (C=O) groups is 2. The number of likely N-dealkylation sites (tertiary alicyclic amines) is 1. The molecule has 1 aliphatic heterocycles. The molecular formula is C18H23NO3. The van der Waals surface area contributed by atoms with Crippen LogP contribution in [-0.4, -0.2) is 30.4 Å². The number of hydrogen-bond acceptors (Lipinski definition) is 3. The van der Waals surface area contributed by atoms with E-state index in [1.54, 1.807) is 0 Å². The number of rotatable bonds is 4. The monoisotopic (exact) mass is 301 g/mol. The molecule has 2 aliphatic rings. The van der Waals surface area contributed by atoms with Crippen molar-refractivity contribution in [1.29, 1.82) is 0 Å². The largest absolute Gasteiger partial charge is 0.445 e.